The van der Waals surface area contributed by atoms with Crippen LogP contribution in [0.1, 0.15) is 86.0 Å². The van der Waals surface area contributed by atoms with Gasteiger partial charge in [0.25, 0.3) is 0 Å². The lowest BCUT2D eigenvalue weighted by molar-refractivity contribution is -0.139. The van der Waals surface area contributed by atoms with Crippen molar-refractivity contribution in [3.63, 3.8) is 0 Å². The highest BCUT2D eigenvalue weighted by Crippen LogP contribution is 2.42. The fourth-order valence-electron chi connectivity index (χ4n) is 6.06. The molecule has 0 radical (unpaired) electrons. The van der Waals surface area contributed by atoms with Crippen LogP contribution in [0, 0.1) is 36.1 Å². The van der Waals surface area contributed by atoms with Crippen molar-refractivity contribution in [2.24, 2.45) is 5.92 Å². The van der Waals surface area contributed by atoms with Crippen LogP contribution in [-0.4, -0.2) is 12.6 Å². The zero-order valence-corrected chi connectivity index (χ0v) is 23.3. The number of aryl methyl sites for hydroxylation is 1. The third-order valence-corrected chi connectivity index (χ3v) is 8.48. The molecule has 3 aromatic rings. The van der Waals surface area contributed by atoms with E-state index in [1.807, 2.05) is 12.1 Å². The Labute approximate surface area is 238 Å². The van der Waals surface area contributed by atoms with Crippen LogP contribution in [-0.2, 0) is 4.79 Å². The molecule has 0 saturated heterocycles. The SMILES string of the molecule is CCOc1ccc(C2CCC(c3ccc(OC(=O)C4CC=C(c5ccc(C)c(F)c5F)CC4)cc3)CC2)c(F)c1F. The third-order valence-electron chi connectivity index (χ3n) is 8.48. The van der Waals surface area contributed by atoms with Gasteiger partial charge < -0.3 is 9.47 Å². The van der Waals surface area contributed by atoms with Crippen LogP contribution in [0.3, 0.4) is 0 Å². The predicted molar refractivity (Wildman–Crippen MR) is 150 cm³/mol. The smallest absolute Gasteiger partial charge is 0.314 e. The summed E-state index contributed by atoms with van der Waals surface area (Å²) < 4.78 is 68.2. The summed E-state index contributed by atoms with van der Waals surface area (Å²) in [6.07, 6.45) is 6.37. The van der Waals surface area contributed by atoms with Crippen molar-refractivity contribution in [2.75, 3.05) is 6.61 Å². The van der Waals surface area contributed by atoms with Gasteiger partial charge in [-0.3, -0.25) is 4.79 Å². The van der Waals surface area contributed by atoms with Gasteiger partial charge in [-0.1, -0.05) is 36.4 Å². The Morgan fingerprint density at radius 1 is 0.805 bits per heavy atom. The summed E-state index contributed by atoms with van der Waals surface area (Å²) >= 11 is 0. The van der Waals surface area contributed by atoms with E-state index in [4.69, 9.17) is 9.47 Å². The Kier molecular flexibility index (Phi) is 8.81. The van der Waals surface area contributed by atoms with Gasteiger partial charge in [0, 0.05) is 5.56 Å². The minimum Gasteiger partial charge on any atom is -0.491 e. The molecule has 1 saturated carbocycles. The monoisotopic (exact) mass is 566 g/mol. The number of carbonyl (C=O) groups excluding carboxylic acids is 1. The second-order valence-corrected chi connectivity index (χ2v) is 11.0. The number of hydrogen-bond acceptors (Lipinski definition) is 3. The molecule has 0 bridgehead atoms. The van der Waals surface area contributed by atoms with Gasteiger partial charge in [0.2, 0.25) is 5.82 Å². The first-order valence-corrected chi connectivity index (χ1v) is 14.3. The van der Waals surface area contributed by atoms with Crippen LogP contribution >= 0.6 is 0 Å². The highest BCUT2D eigenvalue weighted by molar-refractivity contribution is 5.77. The van der Waals surface area contributed by atoms with Gasteiger partial charge in [0.1, 0.15) is 5.75 Å². The highest BCUT2D eigenvalue weighted by Gasteiger charge is 2.28. The molecule has 41 heavy (non-hydrogen) atoms. The molecule has 7 heteroatoms. The zero-order valence-electron chi connectivity index (χ0n) is 23.3. The largest absolute Gasteiger partial charge is 0.491 e. The quantitative estimate of drug-likeness (QED) is 0.163. The van der Waals surface area contributed by atoms with Gasteiger partial charge in [-0.15, -0.1) is 0 Å². The normalized spacial score (nSPS) is 20.8. The van der Waals surface area contributed by atoms with E-state index in [0.717, 1.165) is 31.2 Å². The summed E-state index contributed by atoms with van der Waals surface area (Å²) in [5.41, 5.74) is 2.76. The molecule has 0 aromatic heterocycles. The average molecular weight is 567 g/mol. The van der Waals surface area contributed by atoms with Crippen LogP contribution in [0.5, 0.6) is 11.5 Å². The first-order valence-electron chi connectivity index (χ1n) is 14.3. The molecule has 2 aliphatic rings. The standard InChI is InChI=1S/C34H34F4O3/c1-3-40-29-19-18-28(32(37)33(29)38)23-7-5-21(6-8-23)22-13-15-26(16-14-22)41-34(39)25-11-9-24(10-12-25)27-17-4-20(2)30(35)31(27)36/h4,9,13-19,21,23,25H,3,5-8,10-12H2,1-2H3. The molecule has 0 heterocycles. The molecular weight excluding hydrogens is 532 g/mol. The van der Waals surface area contributed by atoms with Crippen molar-refractivity contribution in [2.45, 2.75) is 70.6 Å². The molecule has 1 atom stereocenters. The summed E-state index contributed by atoms with van der Waals surface area (Å²) in [6, 6.07) is 13.8. The Morgan fingerprint density at radius 2 is 1.51 bits per heavy atom. The zero-order chi connectivity index (χ0) is 29.1. The first kappa shape index (κ1) is 28.9. The number of rotatable bonds is 7. The van der Waals surface area contributed by atoms with Gasteiger partial charge in [-0.25, -0.2) is 13.2 Å². The predicted octanol–water partition coefficient (Wildman–Crippen LogP) is 9.18. The molecule has 5 rings (SSSR count). The second-order valence-electron chi connectivity index (χ2n) is 11.0. The van der Waals surface area contributed by atoms with E-state index in [9.17, 15) is 22.4 Å². The van der Waals surface area contributed by atoms with E-state index in [1.54, 1.807) is 43.3 Å². The maximum Gasteiger partial charge on any atom is 0.314 e. The second kappa shape index (κ2) is 12.5. The number of benzene rings is 3. The van der Waals surface area contributed by atoms with Gasteiger partial charge in [-0.05, 0) is 111 Å². The molecule has 1 fully saturated rings. The fourth-order valence-corrected chi connectivity index (χ4v) is 6.06. The summed E-state index contributed by atoms with van der Waals surface area (Å²) in [5.74, 6) is -3.44. The summed E-state index contributed by atoms with van der Waals surface area (Å²) in [4.78, 5) is 12.8. The van der Waals surface area contributed by atoms with E-state index in [1.165, 1.54) is 13.0 Å². The highest BCUT2D eigenvalue weighted by atomic mass is 19.2. The molecule has 1 unspecified atom stereocenters. The average Bonchev–Trinajstić information content (AvgIpc) is 2.99. The number of hydrogen-bond donors (Lipinski definition) is 0. The molecule has 0 amide bonds. The minimum atomic E-state index is -0.920. The van der Waals surface area contributed by atoms with Gasteiger partial charge in [-0.2, -0.15) is 4.39 Å². The molecule has 0 spiro atoms. The van der Waals surface area contributed by atoms with Crippen LogP contribution < -0.4 is 9.47 Å². The molecule has 0 N–H and O–H groups in total. The van der Waals surface area contributed by atoms with Gasteiger partial charge in [0.05, 0.1) is 12.5 Å². The number of esters is 1. The van der Waals surface area contributed by atoms with Crippen LogP contribution in [0.2, 0.25) is 0 Å². The topological polar surface area (TPSA) is 35.5 Å². The van der Waals surface area contributed by atoms with E-state index in [2.05, 4.69) is 0 Å². The molecule has 216 valence electrons. The Hall–Kier alpha value is -3.61. The van der Waals surface area contributed by atoms with E-state index in [-0.39, 0.29) is 41.3 Å². The lowest BCUT2D eigenvalue weighted by Crippen LogP contribution is -2.22. The van der Waals surface area contributed by atoms with Crippen molar-refractivity contribution in [3.8, 4) is 11.5 Å². The Balaban J connectivity index is 1.14. The van der Waals surface area contributed by atoms with Gasteiger partial charge in [0.15, 0.2) is 23.2 Å². The number of carbonyl (C=O) groups is 1. The van der Waals surface area contributed by atoms with Crippen LogP contribution in [0.25, 0.3) is 5.57 Å². The molecule has 2 aliphatic carbocycles. The number of ether oxygens (including phenoxy) is 2. The van der Waals surface area contributed by atoms with Crippen molar-refractivity contribution in [3.05, 3.63) is 100 Å². The van der Waals surface area contributed by atoms with Crippen LogP contribution in [0.15, 0.2) is 54.6 Å². The first-order chi connectivity index (χ1) is 19.8. The Bertz CT molecular complexity index is 1440. The number of halogens is 4. The van der Waals surface area contributed by atoms with Gasteiger partial charge >= 0.3 is 5.97 Å². The van der Waals surface area contributed by atoms with Crippen LogP contribution in [0.4, 0.5) is 17.6 Å². The maximum atomic E-state index is 14.7. The minimum absolute atomic E-state index is 0.0387. The van der Waals surface area contributed by atoms with Crippen molar-refractivity contribution >= 4 is 11.5 Å². The summed E-state index contributed by atoms with van der Waals surface area (Å²) in [7, 11) is 0. The van der Waals surface area contributed by atoms with Crippen molar-refractivity contribution in [1.29, 1.82) is 0 Å². The fraction of sp³-hybridized carbons (Fsp3) is 0.382. The third kappa shape index (κ3) is 6.19. The lowest BCUT2D eigenvalue weighted by Gasteiger charge is -2.29. The Morgan fingerprint density at radius 3 is 2.17 bits per heavy atom. The summed E-state index contributed by atoms with van der Waals surface area (Å²) in [5, 5.41) is 0. The van der Waals surface area contributed by atoms with Crippen molar-refractivity contribution in [1.82, 2.24) is 0 Å². The molecule has 0 aliphatic heterocycles. The van der Waals surface area contributed by atoms with E-state index >= 15 is 0 Å². The van der Waals surface area contributed by atoms with E-state index in [0.29, 0.717) is 42.1 Å². The lowest BCUT2D eigenvalue weighted by atomic mass is 9.76. The maximum absolute atomic E-state index is 14.7. The number of allylic oxidation sites excluding steroid dienone is 2. The molecule has 3 nitrogen and oxygen atoms in total. The molecular formula is C34H34F4O3. The van der Waals surface area contributed by atoms with E-state index < -0.39 is 23.3 Å². The van der Waals surface area contributed by atoms with Crippen molar-refractivity contribution < 1.29 is 31.8 Å². The molecule has 3 aromatic carbocycles. The summed E-state index contributed by atoms with van der Waals surface area (Å²) in [6.45, 7) is 3.53.